The van der Waals surface area contributed by atoms with Crippen molar-refractivity contribution in [1.82, 2.24) is 4.90 Å². The molecule has 1 N–H and O–H groups in total. The van der Waals surface area contributed by atoms with Gasteiger partial charge in [-0.15, -0.1) is 0 Å². The average molecular weight is 332 g/mol. The van der Waals surface area contributed by atoms with E-state index in [0.717, 1.165) is 25.9 Å². The first-order chi connectivity index (χ1) is 11.6. The second-order valence-electron chi connectivity index (χ2n) is 5.79. The van der Waals surface area contributed by atoms with Crippen molar-refractivity contribution in [2.24, 2.45) is 0 Å². The molecule has 1 aromatic rings. The number of hydrogen-bond acceptors (Lipinski definition) is 4. The average Bonchev–Trinajstić information content (AvgIpc) is 2.60. The highest BCUT2D eigenvalue weighted by Crippen LogP contribution is 2.16. The third-order valence-corrected chi connectivity index (χ3v) is 3.90. The molecule has 0 bridgehead atoms. The molecule has 0 saturated carbocycles. The van der Waals surface area contributed by atoms with E-state index in [4.69, 9.17) is 4.74 Å². The van der Waals surface area contributed by atoms with Crippen molar-refractivity contribution >= 4 is 23.5 Å². The minimum Gasteiger partial charge on any atom is -0.466 e. The van der Waals surface area contributed by atoms with Crippen molar-refractivity contribution in [3.63, 3.8) is 0 Å². The maximum absolute atomic E-state index is 12.5. The molecule has 6 nitrogen and oxygen atoms in total. The quantitative estimate of drug-likeness (QED) is 0.813. The molecule has 24 heavy (non-hydrogen) atoms. The molecule has 1 fully saturated rings. The van der Waals surface area contributed by atoms with E-state index in [1.165, 1.54) is 6.42 Å². The number of carbonyl (C=O) groups is 3. The van der Waals surface area contributed by atoms with E-state index in [-0.39, 0.29) is 30.6 Å². The van der Waals surface area contributed by atoms with Gasteiger partial charge in [-0.2, -0.15) is 0 Å². The van der Waals surface area contributed by atoms with Gasteiger partial charge in [0, 0.05) is 30.8 Å². The molecular formula is C18H24N2O4. The summed E-state index contributed by atoms with van der Waals surface area (Å²) in [7, 11) is 0. The van der Waals surface area contributed by atoms with E-state index in [1.807, 2.05) is 4.90 Å². The molecule has 0 unspecified atom stereocenters. The number of amides is 2. The number of esters is 1. The van der Waals surface area contributed by atoms with Crippen LogP contribution in [0.2, 0.25) is 0 Å². The Morgan fingerprint density at radius 3 is 2.58 bits per heavy atom. The summed E-state index contributed by atoms with van der Waals surface area (Å²) >= 11 is 0. The minimum atomic E-state index is -0.387. The van der Waals surface area contributed by atoms with Crippen LogP contribution in [-0.4, -0.2) is 42.4 Å². The molecule has 2 amide bonds. The van der Waals surface area contributed by atoms with Crippen LogP contribution in [0, 0.1) is 0 Å². The van der Waals surface area contributed by atoms with Crippen LogP contribution in [0.1, 0.15) is 49.4 Å². The molecule has 1 aliphatic rings. The van der Waals surface area contributed by atoms with E-state index in [9.17, 15) is 14.4 Å². The Labute approximate surface area is 142 Å². The molecule has 1 heterocycles. The van der Waals surface area contributed by atoms with Crippen LogP contribution >= 0.6 is 0 Å². The van der Waals surface area contributed by atoms with Gasteiger partial charge in [0.1, 0.15) is 0 Å². The summed E-state index contributed by atoms with van der Waals surface area (Å²) in [6.45, 7) is 3.61. The molecule has 1 aromatic carbocycles. The van der Waals surface area contributed by atoms with Crippen LogP contribution in [-0.2, 0) is 14.3 Å². The SMILES string of the molecule is CCOC(=O)CCC(=O)Nc1cccc(C(=O)N2CCCCC2)c1. The Morgan fingerprint density at radius 2 is 1.88 bits per heavy atom. The first-order valence-electron chi connectivity index (χ1n) is 8.45. The van der Waals surface area contributed by atoms with Crippen LogP contribution in [0.5, 0.6) is 0 Å². The molecule has 0 aliphatic carbocycles. The number of likely N-dealkylation sites (tertiary alicyclic amines) is 1. The number of piperidine rings is 1. The lowest BCUT2D eigenvalue weighted by atomic mass is 10.1. The largest absolute Gasteiger partial charge is 0.466 e. The standard InChI is InChI=1S/C18H24N2O4/c1-2-24-17(22)10-9-16(21)19-15-8-6-7-14(13-15)18(23)20-11-4-3-5-12-20/h6-8,13H,2-5,9-12H2,1H3,(H,19,21). The molecule has 6 heteroatoms. The Bertz CT molecular complexity index is 594. The van der Waals surface area contributed by atoms with Gasteiger partial charge in [-0.3, -0.25) is 14.4 Å². The van der Waals surface area contributed by atoms with Gasteiger partial charge in [-0.05, 0) is 44.4 Å². The molecule has 2 rings (SSSR count). The molecule has 1 aliphatic heterocycles. The van der Waals surface area contributed by atoms with Gasteiger partial charge in [0.15, 0.2) is 0 Å². The number of nitrogens with one attached hydrogen (secondary N) is 1. The number of carbonyl (C=O) groups excluding carboxylic acids is 3. The summed E-state index contributed by atoms with van der Waals surface area (Å²) in [4.78, 5) is 37.5. The van der Waals surface area contributed by atoms with Gasteiger partial charge in [-0.1, -0.05) is 6.07 Å². The van der Waals surface area contributed by atoms with Gasteiger partial charge in [0.2, 0.25) is 5.91 Å². The van der Waals surface area contributed by atoms with Crippen LogP contribution in [0.25, 0.3) is 0 Å². The van der Waals surface area contributed by atoms with E-state index in [1.54, 1.807) is 31.2 Å². The summed E-state index contributed by atoms with van der Waals surface area (Å²) in [5.41, 5.74) is 1.13. The highest BCUT2D eigenvalue weighted by Gasteiger charge is 2.18. The fourth-order valence-electron chi connectivity index (χ4n) is 2.68. The highest BCUT2D eigenvalue weighted by atomic mass is 16.5. The van der Waals surface area contributed by atoms with Crippen molar-refractivity contribution in [2.75, 3.05) is 25.0 Å². The lowest BCUT2D eigenvalue weighted by Gasteiger charge is -2.26. The Morgan fingerprint density at radius 1 is 1.12 bits per heavy atom. The zero-order chi connectivity index (χ0) is 17.4. The van der Waals surface area contributed by atoms with Gasteiger partial charge in [0.25, 0.3) is 5.91 Å². The van der Waals surface area contributed by atoms with Crippen LogP contribution < -0.4 is 5.32 Å². The summed E-state index contributed by atoms with van der Waals surface area (Å²) < 4.78 is 4.79. The predicted molar refractivity (Wildman–Crippen MR) is 90.7 cm³/mol. The van der Waals surface area contributed by atoms with E-state index in [2.05, 4.69) is 5.32 Å². The summed E-state index contributed by atoms with van der Waals surface area (Å²) in [6, 6.07) is 6.91. The molecular weight excluding hydrogens is 308 g/mol. The summed E-state index contributed by atoms with van der Waals surface area (Å²) in [5, 5.41) is 2.72. The molecule has 130 valence electrons. The fourth-order valence-corrected chi connectivity index (χ4v) is 2.68. The number of hydrogen-bond donors (Lipinski definition) is 1. The van der Waals surface area contributed by atoms with Crippen molar-refractivity contribution in [3.05, 3.63) is 29.8 Å². The van der Waals surface area contributed by atoms with Crippen LogP contribution in [0.15, 0.2) is 24.3 Å². The minimum absolute atomic E-state index is 0.00248. The highest BCUT2D eigenvalue weighted by molar-refractivity contribution is 5.97. The van der Waals surface area contributed by atoms with Crippen LogP contribution in [0.3, 0.4) is 0 Å². The van der Waals surface area contributed by atoms with Crippen molar-refractivity contribution < 1.29 is 19.1 Å². The van der Waals surface area contributed by atoms with Crippen molar-refractivity contribution in [3.8, 4) is 0 Å². The van der Waals surface area contributed by atoms with Gasteiger partial charge >= 0.3 is 5.97 Å². The van der Waals surface area contributed by atoms with Crippen LogP contribution in [0.4, 0.5) is 5.69 Å². The maximum atomic E-state index is 12.5. The number of benzene rings is 1. The van der Waals surface area contributed by atoms with E-state index in [0.29, 0.717) is 17.9 Å². The molecule has 0 aromatic heterocycles. The third kappa shape index (κ3) is 5.37. The third-order valence-electron chi connectivity index (χ3n) is 3.90. The topological polar surface area (TPSA) is 75.7 Å². The first kappa shape index (κ1) is 18.0. The Hall–Kier alpha value is -2.37. The number of anilines is 1. The summed E-state index contributed by atoms with van der Waals surface area (Å²) in [6.07, 6.45) is 3.35. The second-order valence-corrected chi connectivity index (χ2v) is 5.79. The smallest absolute Gasteiger partial charge is 0.306 e. The monoisotopic (exact) mass is 332 g/mol. The molecule has 1 saturated heterocycles. The van der Waals surface area contributed by atoms with Gasteiger partial charge < -0.3 is 15.0 Å². The zero-order valence-electron chi connectivity index (χ0n) is 14.0. The summed E-state index contributed by atoms with van der Waals surface area (Å²) in [5.74, 6) is -0.662. The fraction of sp³-hybridized carbons (Fsp3) is 0.500. The number of ether oxygens (including phenoxy) is 1. The lowest BCUT2D eigenvalue weighted by molar-refractivity contribution is -0.144. The molecule has 0 radical (unpaired) electrons. The molecule has 0 spiro atoms. The Balaban J connectivity index is 1.91. The van der Waals surface area contributed by atoms with E-state index >= 15 is 0 Å². The second kappa shape index (κ2) is 9.05. The predicted octanol–water partition coefficient (Wildman–Crippen LogP) is 2.59. The van der Waals surface area contributed by atoms with Gasteiger partial charge in [0.05, 0.1) is 13.0 Å². The number of nitrogens with zero attached hydrogens (tertiary/aromatic N) is 1. The maximum Gasteiger partial charge on any atom is 0.306 e. The van der Waals surface area contributed by atoms with Gasteiger partial charge in [-0.25, -0.2) is 0 Å². The molecule has 0 atom stereocenters. The van der Waals surface area contributed by atoms with Crippen molar-refractivity contribution in [2.45, 2.75) is 39.0 Å². The zero-order valence-corrected chi connectivity index (χ0v) is 14.0. The lowest BCUT2D eigenvalue weighted by Crippen LogP contribution is -2.35. The van der Waals surface area contributed by atoms with Crippen molar-refractivity contribution in [1.29, 1.82) is 0 Å². The van der Waals surface area contributed by atoms with E-state index < -0.39 is 0 Å². The number of rotatable bonds is 6. The normalized spacial score (nSPS) is 14.1. The Kier molecular flexibility index (Phi) is 6.78. The first-order valence-corrected chi connectivity index (χ1v) is 8.45.